The number of nitrogens with one attached hydrogen (secondary N) is 1. The third-order valence-electron chi connectivity index (χ3n) is 2.59. The number of carbonyl (C=O) groups is 1. The lowest BCUT2D eigenvalue weighted by Crippen LogP contribution is -2.16. The first-order valence-electron chi connectivity index (χ1n) is 5.74. The highest BCUT2D eigenvalue weighted by Crippen LogP contribution is 2.21. The SMILES string of the molecule is CC(CCNCc1ccc(Cl)s1)CCC(=O)O. The van der Waals surface area contributed by atoms with Crippen LogP contribution in [0.3, 0.4) is 0 Å². The third kappa shape index (κ3) is 6.66. The van der Waals surface area contributed by atoms with Gasteiger partial charge in [-0.1, -0.05) is 18.5 Å². The molecular weight excluding hydrogens is 258 g/mol. The number of hydrogen-bond donors (Lipinski definition) is 2. The van der Waals surface area contributed by atoms with Crippen molar-refractivity contribution in [3.63, 3.8) is 0 Å². The van der Waals surface area contributed by atoms with Crippen LogP contribution in [0.25, 0.3) is 0 Å². The lowest BCUT2D eigenvalue weighted by molar-refractivity contribution is -0.137. The van der Waals surface area contributed by atoms with Gasteiger partial charge in [-0.05, 0) is 37.4 Å². The molecule has 0 saturated heterocycles. The lowest BCUT2D eigenvalue weighted by atomic mass is 10.0. The summed E-state index contributed by atoms with van der Waals surface area (Å²) >= 11 is 7.42. The van der Waals surface area contributed by atoms with Crippen molar-refractivity contribution in [2.24, 2.45) is 5.92 Å². The van der Waals surface area contributed by atoms with Gasteiger partial charge in [0.1, 0.15) is 0 Å². The lowest BCUT2D eigenvalue weighted by Gasteiger charge is -2.10. The number of carboxylic acids is 1. The molecule has 0 aromatic carbocycles. The highest BCUT2D eigenvalue weighted by atomic mass is 35.5. The van der Waals surface area contributed by atoms with Crippen molar-refractivity contribution < 1.29 is 9.90 Å². The maximum absolute atomic E-state index is 10.4. The summed E-state index contributed by atoms with van der Waals surface area (Å²) < 4.78 is 0.816. The maximum atomic E-state index is 10.4. The van der Waals surface area contributed by atoms with Gasteiger partial charge in [0, 0.05) is 17.8 Å². The van der Waals surface area contributed by atoms with Crippen molar-refractivity contribution in [2.45, 2.75) is 32.7 Å². The van der Waals surface area contributed by atoms with Crippen LogP contribution < -0.4 is 5.32 Å². The molecule has 0 amide bonds. The average Bonchev–Trinajstić information content (AvgIpc) is 2.68. The molecule has 1 aromatic heterocycles. The smallest absolute Gasteiger partial charge is 0.303 e. The summed E-state index contributed by atoms with van der Waals surface area (Å²) in [6.45, 7) is 3.84. The molecule has 1 aromatic rings. The largest absolute Gasteiger partial charge is 0.481 e. The quantitative estimate of drug-likeness (QED) is 0.715. The molecule has 0 fully saturated rings. The van der Waals surface area contributed by atoms with Gasteiger partial charge in [0.2, 0.25) is 0 Å². The third-order valence-corrected chi connectivity index (χ3v) is 3.82. The van der Waals surface area contributed by atoms with Gasteiger partial charge in [0.25, 0.3) is 0 Å². The zero-order valence-corrected chi connectivity index (χ0v) is 11.5. The molecule has 1 unspecified atom stereocenters. The molecule has 0 aliphatic heterocycles. The summed E-state index contributed by atoms with van der Waals surface area (Å²) in [6, 6.07) is 3.92. The summed E-state index contributed by atoms with van der Waals surface area (Å²) in [7, 11) is 0. The number of rotatable bonds is 8. The molecule has 0 aliphatic rings. The highest BCUT2D eigenvalue weighted by Gasteiger charge is 2.05. The molecule has 0 saturated carbocycles. The number of hydrogen-bond acceptors (Lipinski definition) is 3. The van der Waals surface area contributed by atoms with E-state index < -0.39 is 5.97 Å². The van der Waals surface area contributed by atoms with E-state index in [0.29, 0.717) is 5.92 Å². The van der Waals surface area contributed by atoms with Crippen molar-refractivity contribution in [1.82, 2.24) is 5.32 Å². The Hall–Kier alpha value is -0.580. The average molecular weight is 276 g/mol. The zero-order valence-electron chi connectivity index (χ0n) is 9.91. The Morgan fingerprint density at radius 1 is 1.53 bits per heavy atom. The molecule has 0 aliphatic carbocycles. The van der Waals surface area contributed by atoms with E-state index in [2.05, 4.69) is 12.2 Å². The van der Waals surface area contributed by atoms with Crippen LogP contribution in [0.1, 0.15) is 31.1 Å². The second kappa shape index (κ2) is 7.69. The second-order valence-electron chi connectivity index (χ2n) is 4.21. The van der Waals surface area contributed by atoms with E-state index in [4.69, 9.17) is 16.7 Å². The first-order valence-corrected chi connectivity index (χ1v) is 6.94. The molecule has 96 valence electrons. The minimum absolute atomic E-state index is 0.266. The van der Waals surface area contributed by atoms with Crippen molar-refractivity contribution in [3.8, 4) is 0 Å². The van der Waals surface area contributed by atoms with Crippen LogP contribution in [0.5, 0.6) is 0 Å². The van der Waals surface area contributed by atoms with Gasteiger partial charge in [0.15, 0.2) is 0 Å². The van der Waals surface area contributed by atoms with Crippen molar-refractivity contribution in [3.05, 3.63) is 21.3 Å². The van der Waals surface area contributed by atoms with E-state index in [1.165, 1.54) is 4.88 Å². The summed E-state index contributed by atoms with van der Waals surface area (Å²) in [4.78, 5) is 11.6. The molecule has 3 nitrogen and oxygen atoms in total. The minimum atomic E-state index is -0.710. The predicted molar refractivity (Wildman–Crippen MR) is 71.7 cm³/mol. The summed E-state index contributed by atoms with van der Waals surface area (Å²) in [5.41, 5.74) is 0. The highest BCUT2D eigenvalue weighted by molar-refractivity contribution is 7.16. The van der Waals surface area contributed by atoms with Crippen LogP contribution in [0, 0.1) is 5.92 Å². The van der Waals surface area contributed by atoms with Gasteiger partial charge >= 0.3 is 5.97 Å². The topological polar surface area (TPSA) is 49.3 Å². The fourth-order valence-electron chi connectivity index (χ4n) is 1.52. The standard InChI is InChI=1S/C12H18ClNO2S/c1-9(2-5-12(15)16)6-7-14-8-10-3-4-11(13)17-10/h3-4,9,14H,2,5-8H2,1H3,(H,15,16). The van der Waals surface area contributed by atoms with E-state index in [-0.39, 0.29) is 6.42 Å². The Balaban J connectivity index is 2.05. The molecule has 1 heterocycles. The van der Waals surface area contributed by atoms with Gasteiger partial charge in [-0.25, -0.2) is 0 Å². The second-order valence-corrected chi connectivity index (χ2v) is 6.01. The van der Waals surface area contributed by atoms with E-state index >= 15 is 0 Å². The van der Waals surface area contributed by atoms with Gasteiger partial charge in [-0.3, -0.25) is 4.79 Å². The Labute approximate surface area is 111 Å². The number of halogens is 1. The van der Waals surface area contributed by atoms with Crippen LogP contribution >= 0.6 is 22.9 Å². The molecule has 2 N–H and O–H groups in total. The molecule has 0 spiro atoms. The molecular formula is C12H18ClNO2S. The van der Waals surface area contributed by atoms with Crippen molar-refractivity contribution in [2.75, 3.05) is 6.54 Å². The van der Waals surface area contributed by atoms with E-state index in [9.17, 15) is 4.79 Å². The maximum Gasteiger partial charge on any atom is 0.303 e. The van der Waals surface area contributed by atoms with Gasteiger partial charge < -0.3 is 10.4 Å². The molecule has 0 bridgehead atoms. The summed E-state index contributed by atoms with van der Waals surface area (Å²) in [5, 5.41) is 11.9. The minimum Gasteiger partial charge on any atom is -0.481 e. The first-order chi connectivity index (χ1) is 8.08. The van der Waals surface area contributed by atoms with E-state index in [1.807, 2.05) is 12.1 Å². The Morgan fingerprint density at radius 3 is 2.88 bits per heavy atom. The fraction of sp³-hybridized carbons (Fsp3) is 0.583. The normalized spacial score (nSPS) is 12.6. The Morgan fingerprint density at radius 2 is 2.29 bits per heavy atom. The zero-order chi connectivity index (χ0) is 12.7. The fourth-order valence-corrected chi connectivity index (χ4v) is 2.58. The van der Waals surface area contributed by atoms with Gasteiger partial charge in [-0.2, -0.15) is 0 Å². The van der Waals surface area contributed by atoms with Gasteiger partial charge in [-0.15, -0.1) is 11.3 Å². The number of thiophene rings is 1. The number of aliphatic carboxylic acids is 1. The van der Waals surface area contributed by atoms with Crippen LogP contribution in [0.15, 0.2) is 12.1 Å². The van der Waals surface area contributed by atoms with E-state index in [1.54, 1.807) is 11.3 Å². The molecule has 1 rings (SSSR count). The van der Waals surface area contributed by atoms with Crippen LogP contribution in [-0.2, 0) is 11.3 Å². The molecule has 0 radical (unpaired) electrons. The monoisotopic (exact) mass is 275 g/mol. The summed E-state index contributed by atoms with van der Waals surface area (Å²) in [6.07, 6.45) is 2.02. The number of carboxylic acid groups (broad SMARTS) is 1. The molecule has 1 atom stereocenters. The summed E-state index contributed by atoms with van der Waals surface area (Å²) in [5.74, 6) is -0.261. The van der Waals surface area contributed by atoms with Crippen LogP contribution in [-0.4, -0.2) is 17.6 Å². The predicted octanol–water partition coefficient (Wildman–Crippen LogP) is 3.38. The molecule has 17 heavy (non-hydrogen) atoms. The van der Waals surface area contributed by atoms with Gasteiger partial charge in [0.05, 0.1) is 4.34 Å². The van der Waals surface area contributed by atoms with E-state index in [0.717, 1.165) is 30.3 Å². The van der Waals surface area contributed by atoms with Crippen LogP contribution in [0.4, 0.5) is 0 Å². The van der Waals surface area contributed by atoms with Crippen molar-refractivity contribution >= 4 is 28.9 Å². The first kappa shape index (κ1) is 14.5. The van der Waals surface area contributed by atoms with Crippen molar-refractivity contribution in [1.29, 1.82) is 0 Å². The van der Waals surface area contributed by atoms with Crippen LogP contribution in [0.2, 0.25) is 4.34 Å². The molecule has 5 heteroatoms. The Kier molecular flexibility index (Phi) is 6.55. The Bertz CT molecular complexity index is 354.